The molecule has 2 heterocycles. The third-order valence-electron chi connectivity index (χ3n) is 4.37. The van der Waals surface area contributed by atoms with Crippen molar-refractivity contribution < 1.29 is 13.6 Å². The van der Waals surface area contributed by atoms with E-state index >= 15 is 0 Å². The number of anilines is 1. The molecular formula is C21H15F2N3O2S2. The number of H-pyrrole nitrogens is 1. The fraction of sp³-hybridized carbons (Fsp3) is 0.0952. The third-order valence-corrected chi connectivity index (χ3v) is 6.12. The largest absolute Gasteiger partial charge is 0.325 e. The zero-order valence-corrected chi connectivity index (χ0v) is 17.3. The number of thiophene rings is 1. The predicted octanol–water partition coefficient (Wildman–Crippen LogP) is 4.97. The molecule has 0 fully saturated rings. The average molecular weight is 444 g/mol. The zero-order valence-electron chi connectivity index (χ0n) is 15.7. The molecule has 0 spiro atoms. The van der Waals surface area contributed by atoms with Gasteiger partial charge >= 0.3 is 0 Å². The second-order valence-corrected chi connectivity index (χ2v) is 8.33. The van der Waals surface area contributed by atoms with E-state index in [0.29, 0.717) is 32.2 Å². The van der Waals surface area contributed by atoms with Crippen LogP contribution in [-0.4, -0.2) is 21.6 Å². The summed E-state index contributed by atoms with van der Waals surface area (Å²) >= 11 is 2.38. The van der Waals surface area contributed by atoms with Gasteiger partial charge in [0.25, 0.3) is 5.56 Å². The SMILES string of the molecule is Cc1ccc(NC(=O)CSc2nc3scc(-c4ccc(F)cc4)c3c(=O)[nH]2)cc1F. The molecule has 2 aromatic heterocycles. The Bertz CT molecular complexity index is 1300. The molecule has 2 N–H and O–H groups in total. The van der Waals surface area contributed by atoms with E-state index in [1.165, 1.54) is 29.5 Å². The van der Waals surface area contributed by atoms with E-state index < -0.39 is 5.82 Å². The highest BCUT2D eigenvalue weighted by Crippen LogP contribution is 2.31. The molecular weight excluding hydrogens is 428 g/mol. The number of carbonyl (C=O) groups excluding carboxylic acids is 1. The van der Waals surface area contributed by atoms with Crippen molar-refractivity contribution in [2.75, 3.05) is 11.1 Å². The minimum atomic E-state index is -0.397. The van der Waals surface area contributed by atoms with Gasteiger partial charge in [-0.25, -0.2) is 13.8 Å². The van der Waals surface area contributed by atoms with Gasteiger partial charge in [-0.1, -0.05) is 30.0 Å². The van der Waals surface area contributed by atoms with Gasteiger partial charge in [-0.15, -0.1) is 11.3 Å². The van der Waals surface area contributed by atoms with Crippen molar-refractivity contribution in [1.82, 2.24) is 9.97 Å². The number of halogens is 2. The standard InChI is InChI=1S/C21H15F2N3O2S2/c1-11-2-7-14(8-16(11)23)24-17(27)10-30-21-25-19(28)18-15(9-29-20(18)26-21)12-3-5-13(22)6-4-12/h2-9H,10H2,1H3,(H,24,27)(H,25,26,28). The highest BCUT2D eigenvalue weighted by atomic mass is 32.2. The van der Waals surface area contributed by atoms with E-state index in [1.807, 2.05) is 0 Å². The van der Waals surface area contributed by atoms with Crippen molar-refractivity contribution in [3.05, 3.63) is 75.4 Å². The summed E-state index contributed by atoms with van der Waals surface area (Å²) in [7, 11) is 0. The number of carbonyl (C=O) groups is 1. The Labute approximate surface area is 178 Å². The number of aromatic nitrogens is 2. The summed E-state index contributed by atoms with van der Waals surface area (Å²) in [5.41, 5.74) is 1.93. The van der Waals surface area contributed by atoms with Gasteiger partial charge in [-0.2, -0.15) is 0 Å². The fourth-order valence-corrected chi connectivity index (χ4v) is 4.51. The lowest BCUT2D eigenvalue weighted by molar-refractivity contribution is -0.113. The minimum absolute atomic E-state index is 0.000136. The van der Waals surface area contributed by atoms with Crippen LogP contribution in [0.5, 0.6) is 0 Å². The Morgan fingerprint density at radius 2 is 1.97 bits per heavy atom. The number of aromatic amines is 1. The lowest BCUT2D eigenvalue weighted by Crippen LogP contribution is -2.15. The number of hydrogen-bond acceptors (Lipinski definition) is 5. The van der Waals surface area contributed by atoms with E-state index in [-0.39, 0.29) is 23.0 Å². The number of aryl methyl sites for hydroxylation is 1. The highest BCUT2D eigenvalue weighted by molar-refractivity contribution is 7.99. The van der Waals surface area contributed by atoms with Crippen LogP contribution in [0.2, 0.25) is 0 Å². The molecule has 0 unspecified atom stereocenters. The molecule has 4 rings (SSSR count). The number of benzene rings is 2. The highest BCUT2D eigenvalue weighted by Gasteiger charge is 2.14. The van der Waals surface area contributed by atoms with Gasteiger partial charge < -0.3 is 10.3 Å². The van der Waals surface area contributed by atoms with Crippen LogP contribution in [0.1, 0.15) is 5.56 Å². The topological polar surface area (TPSA) is 74.8 Å². The lowest BCUT2D eigenvalue weighted by Gasteiger charge is -2.06. The predicted molar refractivity (Wildman–Crippen MR) is 116 cm³/mol. The van der Waals surface area contributed by atoms with Gasteiger partial charge in [-0.3, -0.25) is 9.59 Å². The smallest absolute Gasteiger partial charge is 0.260 e. The van der Waals surface area contributed by atoms with Crippen LogP contribution in [0, 0.1) is 18.6 Å². The van der Waals surface area contributed by atoms with Gasteiger partial charge in [-0.05, 0) is 42.3 Å². The Hall–Kier alpha value is -3.04. The summed E-state index contributed by atoms with van der Waals surface area (Å²) in [6.45, 7) is 1.64. The van der Waals surface area contributed by atoms with Gasteiger partial charge in [0.2, 0.25) is 5.91 Å². The zero-order chi connectivity index (χ0) is 21.3. The summed E-state index contributed by atoms with van der Waals surface area (Å²) in [5.74, 6) is -1.09. The first-order valence-electron chi connectivity index (χ1n) is 8.87. The number of nitrogens with zero attached hydrogens (tertiary/aromatic N) is 1. The van der Waals surface area contributed by atoms with Crippen LogP contribution in [0.3, 0.4) is 0 Å². The lowest BCUT2D eigenvalue weighted by atomic mass is 10.1. The fourth-order valence-electron chi connectivity index (χ4n) is 2.84. The van der Waals surface area contributed by atoms with Crippen LogP contribution in [0.4, 0.5) is 14.5 Å². The molecule has 4 aromatic rings. The summed E-state index contributed by atoms with van der Waals surface area (Å²) in [6.07, 6.45) is 0. The normalized spacial score (nSPS) is 11.0. The summed E-state index contributed by atoms with van der Waals surface area (Å²) in [6, 6.07) is 10.4. The van der Waals surface area contributed by atoms with Gasteiger partial charge in [0.05, 0.1) is 11.1 Å². The number of hydrogen-bond donors (Lipinski definition) is 2. The maximum absolute atomic E-state index is 13.6. The molecule has 0 aliphatic carbocycles. The van der Waals surface area contributed by atoms with Crippen LogP contribution in [0.15, 0.2) is 57.8 Å². The van der Waals surface area contributed by atoms with E-state index in [0.717, 1.165) is 17.3 Å². The molecule has 0 bridgehead atoms. The van der Waals surface area contributed by atoms with Crippen LogP contribution in [0.25, 0.3) is 21.3 Å². The van der Waals surface area contributed by atoms with Crippen LogP contribution < -0.4 is 10.9 Å². The number of nitrogens with one attached hydrogen (secondary N) is 2. The molecule has 30 heavy (non-hydrogen) atoms. The van der Waals surface area contributed by atoms with Gasteiger partial charge in [0.15, 0.2) is 5.16 Å². The Balaban J connectivity index is 1.50. The molecule has 1 amide bonds. The molecule has 5 nitrogen and oxygen atoms in total. The Morgan fingerprint density at radius 1 is 1.20 bits per heavy atom. The quantitative estimate of drug-likeness (QED) is 0.337. The molecule has 0 saturated carbocycles. The molecule has 0 atom stereocenters. The van der Waals surface area contributed by atoms with Crippen molar-refractivity contribution in [3.63, 3.8) is 0 Å². The number of rotatable bonds is 5. The minimum Gasteiger partial charge on any atom is -0.325 e. The second kappa shape index (κ2) is 8.37. The maximum atomic E-state index is 13.6. The summed E-state index contributed by atoms with van der Waals surface area (Å²) in [4.78, 5) is 32.4. The summed E-state index contributed by atoms with van der Waals surface area (Å²) < 4.78 is 26.8. The van der Waals surface area contributed by atoms with E-state index in [2.05, 4.69) is 15.3 Å². The van der Waals surface area contributed by atoms with Crippen molar-refractivity contribution in [3.8, 4) is 11.1 Å². The van der Waals surface area contributed by atoms with E-state index in [9.17, 15) is 18.4 Å². The molecule has 0 aliphatic heterocycles. The van der Waals surface area contributed by atoms with E-state index in [1.54, 1.807) is 36.6 Å². The molecule has 0 radical (unpaired) electrons. The second-order valence-electron chi connectivity index (χ2n) is 6.51. The van der Waals surface area contributed by atoms with Crippen molar-refractivity contribution >= 4 is 44.9 Å². The first kappa shape index (κ1) is 20.2. The Morgan fingerprint density at radius 3 is 2.70 bits per heavy atom. The van der Waals surface area contributed by atoms with Crippen molar-refractivity contribution in [2.24, 2.45) is 0 Å². The number of fused-ring (bicyclic) bond motifs is 1. The first-order chi connectivity index (χ1) is 14.4. The average Bonchev–Trinajstić information content (AvgIpc) is 3.14. The third kappa shape index (κ3) is 4.27. The number of amides is 1. The van der Waals surface area contributed by atoms with Gasteiger partial charge in [0, 0.05) is 16.6 Å². The molecule has 9 heteroatoms. The van der Waals surface area contributed by atoms with Crippen LogP contribution >= 0.6 is 23.1 Å². The van der Waals surface area contributed by atoms with Crippen LogP contribution in [-0.2, 0) is 4.79 Å². The number of thioether (sulfide) groups is 1. The Kier molecular flexibility index (Phi) is 5.65. The van der Waals surface area contributed by atoms with Gasteiger partial charge in [0.1, 0.15) is 16.5 Å². The van der Waals surface area contributed by atoms with Crippen molar-refractivity contribution in [2.45, 2.75) is 12.1 Å². The molecule has 2 aromatic carbocycles. The maximum Gasteiger partial charge on any atom is 0.260 e. The molecule has 0 aliphatic rings. The monoisotopic (exact) mass is 443 g/mol. The van der Waals surface area contributed by atoms with E-state index in [4.69, 9.17) is 0 Å². The first-order valence-corrected chi connectivity index (χ1v) is 10.7. The van der Waals surface area contributed by atoms with Crippen molar-refractivity contribution in [1.29, 1.82) is 0 Å². The summed E-state index contributed by atoms with van der Waals surface area (Å²) in [5, 5.41) is 5.15. The molecule has 0 saturated heterocycles. The molecule has 152 valence electrons.